The molecule has 44 valence electrons. The van der Waals surface area contributed by atoms with Crippen LogP contribution in [-0.2, 0) is 4.43 Å². The Hall–Kier alpha value is 0.467. The van der Waals surface area contributed by atoms with Crippen LogP contribution in [0.15, 0.2) is 0 Å². The number of hydrogen-bond acceptors (Lipinski definition) is 1. The standard InChI is InChI=1S/C4H11ClOSi/c1-4(2)6-7-3-5/h4H,3,7H2,1-2H3. The first-order valence-electron chi connectivity index (χ1n) is 2.45. The summed E-state index contributed by atoms with van der Waals surface area (Å²) in [7, 11) is -0.360. The first-order valence-corrected chi connectivity index (χ1v) is 4.56. The van der Waals surface area contributed by atoms with Crippen molar-refractivity contribution in [3.63, 3.8) is 0 Å². The maximum atomic E-state index is 5.38. The third-order valence-corrected chi connectivity index (χ3v) is 2.05. The molecule has 0 saturated carbocycles. The van der Waals surface area contributed by atoms with Gasteiger partial charge in [0, 0.05) is 11.6 Å². The van der Waals surface area contributed by atoms with Gasteiger partial charge in [0.1, 0.15) is 0 Å². The molecule has 0 bridgehead atoms. The smallest absolute Gasteiger partial charge is 0.176 e. The summed E-state index contributed by atoms with van der Waals surface area (Å²) in [4.78, 5) is 0. The molecule has 0 unspecified atom stereocenters. The van der Waals surface area contributed by atoms with Crippen molar-refractivity contribution in [1.82, 2.24) is 0 Å². The van der Waals surface area contributed by atoms with Gasteiger partial charge in [-0.05, 0) is 13.8 Å². The van der Waals surface area contributed by atoms with Crippen LogP contribution < -0.4 is 0 Å². The monoisotopic (exact) mass is 138 g/mol. The van der Waals surface area contributed by atoms with E-state index in [0.29, 0.717) is 6.10 Å². The summed E-state index contributed by atoms with van der Waals surface area (Å²) >= 11 is 5.38. The van der Waals surface area contributed by atoms with Gasteiger partial charge < -0.3 is 4.43 Å². The average molecular weight is 139 g/mol. The second-order valence-corrected chi connectivity index (χ2v) is 3.86. The minimum atomic E-state index is -0.360. The molecule has 0 N–H and O–H groups in total. The van der Waals surface area contributed by atoms with E-state index in [1.165, 1.54) is 0 Å². The third-order valence-electron chi connectivity index (χ3n) is 0.528. The largest absolute Gasteiger partial charge is 0.420 e. The zero-order valence-electron chi connectivity index (χ0n) is 4.78. The molecule has 0 heterocycles. The lowest BCUT2D eigenvalue weighted by Gasteiger charge is -2.02. The molecular weight excluding hydrogens is 128 g/mol. The summed E-state index contributed by atoms with van der Waals surface area (Å²) in [6.45, 7) is 4.05. The maximum Gasteiger partial charge on any atom is 0.176 e. The fourth-order valence-electron chi connectivity index (χ4n) is 0.280. The van der Waals surface area contributed by atoms with Crippen LogP contribution in [0.25, 0.3) is 0 Å². The summed E-state index contributed by atoms with van der Waals surface area (Å²) in [5.74, 6) is 0. The van der Waals surface area contributed by atoms with Gasteiger partial charge >= 0.3 is 0 Å². The van der Waals surface area contributed by atoms with Gasteiger partial charge in [-0.2, -0.15) is 0 Å². The van der Waals surface area contributed by atoms with Crippen LogP contribution in [0.1, 0.15) is 13.8 Å². The van der Waals surface area contributed by atoms with Crippen LogP contribution in [-0.4, -0.2) is 21.4 Å². The van der Waals surface area contributed by atoms with E-state index in [4.69, 9.17) is 16.0 Å². The van der Waals surface area contributed by atoms with Crippen molar-refractivity contribution >= 4 is 21.4 Å². The van der Waals surface area contributed by atoms with Crippen molar-refractivity contribution in [1.29, 1.82) is 0 Å². The lowest BCUT2D eigenvalue weighted by molar-refractivity contribution is 0.257. The minimum absolute atomic E-state index is 0.360. The van der Waals surface area contributed by atoms with Crippen molar-refractivity contribution in [2.75, 3.05) is 5.50 Å². The highest BCUT2D eigenvalue weighted by Gasteiger charge is 1.88. The van der Waals surface area contributed by atoms with Gasteiger partial charge in [0.2, 0.25) is 0 Å². The predicted octanol–water partition coefficient (Wildman–Crippen LogP) is 0.692. The van der Waals surface area contributed by atoms with Crippen LogP contribution in [0.4, 0.5) is 0 Å². The molecule has 0 aromatic rings. The highest BCUT2D eigenvalue weighted by molar-refractivity contribution is 6.45. The molecular formula is C4H11ClOSi. The molecule has 0 saturated heterocycles. The van der Waals surface area contributed by atoms with E-state index in [1.54, 1.807) is 0 Å². The van der Waals surface area contributed by atoms with Crippen molar-refractivity contribution in [2.45, 2.75) is 20.0 Å². The van der Waals surface area contributed by atoms with E-state index < -0.39 is 0 Å². The minimum Gasteiger partial charge on any atom is -0.420 e. The normalized spacial score (nSPS) is 12.0. The van der Waals surface area contributed by atoms with E-state index in [9.17, 15) is 0 Å². The third kappa shape index (κ3) is 6.47. The Kier molecular flexibility index (Phi) is 4.93. The number of halogens is 1. The lowest BCUT2D eigenvalue weighted by atomic mass is 10.5. The highest BCUT2D eigenvalue weighted by Crippen LogP contribution is 1.84. The summed E-state index contributed by atoms with van der Waals surface area (Å²) in [6.07, 6.45) is 0.380. The zero-order valence-corrected chi connectivity index (χ0v) is 6.95. The first kappa shape index (κ1) is 7.47. The Morgan fingerprint density at radius 1 is 1.71 bits per heavy atom. The van der Waals surface area contributed by atoms with Gasteiger partial charge in [-0.3, -0.25) is 0 Å². The lowest BCUT2D eigenvalue weighted by Crippen LogP contribution is -2.07. The van der Waals surface area contributed by atoms with E-state index in [-0.39, 0.29) is 9.76 Å². The zero-order chi connectivity index (χ0) is 5.70. The Labute approximate surface area is 51.9 Å². The highest BCUT2D eigenvalue weighted by atomic mass is 35.5. The molecule has 3 heteroatoms. The number of rotatable bonds is 3. The second-order valence-electron chi connectivity index (χ2n) is 1.61. The van der Waals surface area contributed by atoms with Crippen LogP contribution >= 0.6 is 11.6 Å². The summed E-state index contributed by atoms with van der Waals surface area (Å²) < 4.78 is 5.20. The second kappa shape index (κ2) is 4.62. The predicted molar refractivity (Wildman–Crippen MR) is 35.5 cm³/mol. The first-order chi connectivity index (χ1) is 3.27. The van der Waals surface area contributed by atoms with Crippen LogP contribution in [0.2, 0.25) is 0 Å². The van der Waals surface area contributed by atoms with Crippen molar-refractivity contribution in [3.05, 3.63) is 0 Å². The van der Waals surface area contributed by atoms with Gasteiger partial charge in [0.15, 0.2) is 9.76 Å². The summed E-state index contributed by atoms with van der Waals surface area (Å²) in [6, 6.07) is 0. The SMILES string of the molecule is CC(C)O[SiH2]CCl. The average Bonchev–Trinajstić information content (AvgIpc) is 1.61. The molecule has 0 aromatic heterocycles. The maximum absolute atomic E-state index is 5.38. The molecule has 0 fully saturated rings. The fraction of sp³-hybridized carbons (Fsp3) is 1.00. The van der Waals surface area contributed by atoms with E-state index in [2.05, 4.69) is 0 Å². The van der Waals surface area contributed by atoms with Gasteiger partial charge in [-0.15, -0.1) is 11.6 Å². The molecule has 1 nitrogen and oxygen atoms in total. The van der Waals surface area contributed by atoms with Crippen LogP contribution in [0.3, 0.4) is 0 Å². The molecule has 0 spiro atoms. The molecule has 0 aromatic carbocycles. The molecule has 0 atom stereocenters. The van der Waals surface area contributed by atoms with E-state index >= 15 is 0 Å². The van der Waals surface area contributed by atoms with E-state index in [1.807, 2.05) is 13.8 Å². The fourth-order valence-corrected chi connectivity index (χ4v) is 1.11. The van der Waals surface area contributed by atoms with Crippen LogP contribution in [0, 0.1) is 0 Å². The molecule has 0 rings (SSSR count). The molecule has 7 heavy (non-hydrogen) atoms. The number of hydrogen-bond donors (Lipinski definition) is 0. The number of alkyl halides is 1. The molecule has 0 aliphatic rings. The summed E-state index contributed by atoms with van der Waals surface area (Å²) in [5.41, 5.74) is 0.734. The van der Waals surface area contributed by atoms with Gasteiger partial charge in [-0.25, -0.2) is 0 Å². The Bertz CT molecular complexity index is 40.7. The van der Waals surface area contributed by atoms with Crippen molar-refractivity contribution < 1.29 is 4.43 Å². The van der Waals surface area contributed by atoms with Gasteiger partial charge in [0.05, 0.1) is 0 Å². The van der Waals surface area contributed by atoms with Crippen LogP contribution in [0.5, 0.6) is 0 Å². The Balaban J connectivity index is 2.68. The topological polar surface area (TPSA) is 9.23 Å². The molecule has 0 amide bonds. The molecule has 0 radical (unpaired) electrons. The van der Waals surface area contributed by atoms with Gasteiger partial charge in [-0.1, -0.05) is 0 Å². The summed E-state index contributed by atoms with van der Waals surface area (Å²) in [5, 5.41) is 0. The van der Waals surface area contributed by atoms with E-state index in [0.717, 1.165) is 5.50 Å². The molecule has 0 aliphatic carbocycles. The Morgan fingerprint density at radius 3 is 2.43 bits per heavy atom. The van der Waals surface area contributed by atoms with Crippen molar-refractivity contribution in [3.8, 4) is 0 Å². The molecule has 0 aliphatic heterocycles. The van der Waals surface area contributed by atoms with Crippen molar-refractivity contribution in [2.24, 2.45) is 0 Å². The van der Waals surface area contributed by atoms with Gasteiger partial charge in [0.25, 0.3) is 0 Å². The Morgan fingerprint density at radius 2 is 2.29 bits per heavy atom. The quantitative estimate of drug-likeness (QED) is 0.412.